The van der Waals surface area contributed by atoms with Gasteiger partial charge in [-0.25, -0.2) is 0 Å². The number of hydrogen-bond donors (Lipinski definition) is 2. The third-order valence-corrected chi connectivity index (χ3v) is 3.51. The summed E-state index contributed by atoms with van der Waals surface area (Å²) < 4.78 is 5.08. The van der Waals surface area contributed by atoms with E-state index in [1.54, 1.807) is 7.11 Å². The Kier molecular flexibility index (Phi) is 5.11. The smallest absolute Gasteiger partial charge is 0.261 e. The van der Waals surface area contributed by atoms with Gasteiger partial charge in [0.2, 0.25) is 0 Å². The van der Waals surface area contributed by atoms with Crippen LogP contribution in [0.5, 0.6) is 0 Å². The summed E-state index contributed by atoms with van der Waals surface area (Å²) in [4.78, 5) is 13.8. The van der Waals surface area contributed by atoms with Gasteiger partial charge in [-0.3, -0.25) is 4.79 Å². The van der Waals surface area contributed by atoms with E-state index in [9.17, 15) is 4.79 Å². The Morgan fingerprint density at radius 1 is 1.59 bits per heavy atom. The zero-order valence-corrected chi connectivity index (χ0v) is 11.3. The summed E-state index contributed by atoms with van der Waals surface area (Å²) in [6.07, 6.45) is 0.469. The van der Waals surface area contributed by atoms with E-state index in [0.717, 1.165) is 4.88 Å². The van der Waals surface area contributed by atoms with Crippen LogP contribution in [-0.4, -0.2) is 36.9 Å². The normalized spacial score (nSPS) is 14.4. The summed E-state index contributed by atoms with van der Waals surface area (Å²) in [5, 5.41) is 11.9. The van der Waals surface area contributed by atoms with Gasteiger partial charge < -0.3 is 15.2 Å². The van der Waals surface area contributed by atoms with Crippen molar-refractivity contribution in [1.82, 2.24) is 5.32 Å². The third kappa shape index (κ3) is 4.11. The molecule has 4 nitrogen and oxygen atoms in total. The van der Waals surface area contributed by atoms with Crippen molar-refractivity contribution in [3.05, 3.63) is 21.9 Å². The second-order valence-corrected chi connectivity index (χ2v) is 5.62. The van der Waals surface area contributed by atoms with Crippen LogP contribution in [0.3, 0.4) is 0 Å². The van der Waals surface area contributed by atoms with Crippen molar-refractivity contribution in [2.45, 2.75) is 25.8 Å². The Hall–Kier alpha value is -0.910. The molecule has 1 atom stereocenters. The molecule has 1 aromatic heterocycles. The second kappa shape index (κ2) is 6.14. The highest BCUT2D eigenvalue weighted by molar-refractivity contribution is 7.13. The highest BCUT2D eigenvalue weighted by Gasteiger charge is 2.26. The zero-order chi connectivity index (χ0) is 12.9. The van der Waals surface area contributed by atoms with Crippen LogP contribution in [0.25, 0.3) is 0 Å². The Morgan fingerprint density at radius 2 is 2.29 bits per heavy atom. The van der Waals surface area contributed by atoms with Crippen molar-refractivity contribution in [2.75, 3.05) is 20.3 Å². The number of carbonyl (C=O) groups excluding carboxylic acids is 1. The minimum absolute atomic E-state index is 0.0175. The summed E-state index contributed by atoms with van der Waals surface area (Å²) >= 11 is 1.46. The van der Waals surface area contributed by atoms with Gasteiger partial charge in [0.05, 0.1) is 17.0 Å². The number of rotatable bonds is 6. The summed E-state index contributed by atoms with van der Waals surface area (Å²) in [6, 6.07) is 3.72. The van der Waals surface area contributed by atoms with Crippen LogP contribution in [0.2, 0.25) is 0 Å². The molecule has 0 saturated heterocycles. The summed E-state index contributed by atoms with van der Waals surface area (Å²) in [6.45, 7) is 4.22. The summed E-state index contributed by atoms with van der Waals surface area (Å²) in [5.41, 5.74) is -0.529. The highest BCUT2D eigenvalue weighted by Crippen LogP contribution is 2.17. The Balaban J connectivity index is 2.70. The Bertz CT molecular complexity index is 370. The molecule has 0 aromatic carbocycles. The molecule has 0 fully saturated rings. The van der Waals surface area contributed by atoms with Crippen molar-refractivity contribution in [3.63, 3.8) is 0 Å². The summed E-state index contributed by atoms with van der Waals surface area (Å²) in [5.74, 6) is -0.115. The lowest BCUT2D eigenvalue weighted by Crippen LogP contribution is -2.49. The number of aryl methyl sites for hydroxylation is 1. The highest BCUT2D eigenvalue weighted by atomic mass is 32.1. The van der Waals surface area contributed by atoms with E-state index < -0.39 is 5.54 Å². The lowest BCUT2D eigenvalue weighted by Gasteiger charge is -2.29. The van der Waals surface area contributed by atoms with Gasteiger partial charge in [0.15, 0.2) is 0 Å². The number of methoxy groups -OCH3 is 1. The minimum Gasteiger partial charge on any atom is -0.396 e. The maximum absolute atomic E-state index is 12.0. The maximum atomic E-state index is 12.0. The molecular formula is C12H19NO3S. The molecule has 0 aliphatic rings. The predicted octanol–water partition coefficient (Wildman–Crippen LogP) is 1.57. The van der Waals surface area contributed by atoms with Crippen LogP contribution in [0.1, 0.15) is 27.9 Å². The number of ether oxygens (including phenoxy) is 1. The van der Waals surface area contributed by atoms with E-state index in [4.69, 9.17) is 9.84 Å². The topological polar surface area (TPSA) is 58.6 Å². The number of hydrogen-bond acceptors (Lipinski definition) is 4. The third-order valence-electron chi connectivity index (χ3n) is 2.51. The number of thiophene rings is 1. The fourth-order valence-corrected chi connectivity index (χ4v) is 2.39. The van der Waals surface area contributed by atoms with Gasteiger partial charge in [-0.2, -0.15) is 0 Å². The van der Waals surface area contributed by atoms with Crippen molar-refractivity contribution in [2.24, 2.45) is 0 Å². The lowest BCUT2D eigenvalue weighted by atomic mass is 9.99. The molecule has 1 amide bonds. The van der Waals surface area contributed by atoms with E-state index in [2.05, 4.69) is 5.32 Å². The quantitative estimate of drug-likeness (QED) is 0.813. The predicted molar refractivity (Wildman–Crippen MR) is 68.5 cm³/mol. The SMILES string of the molecule is COCC(C)(CCO)NC(=O)c1ccc(C)s1. The van der Waals surface area contributed by atoms with E-state index in [1.807, 2.05) is 26.0 Å². The van der Waals surface area contributed by atoms with Gasteiger partial charge in [0.25, 0.3) is 5.91 Å². The molecular weight excluding hydrogens is 238 g/mol. The average Bonchev–Trinajstić information content (AvgIpc) is 2.65. The largest absolute Gasteiger partial charge is 0.396 e. The van der Waals surface area contributed by atoms with Gasteiger partial charge in [-0.1, -0.05) is 0 Å². The monoisotopic (exact) mass is 257 g/mol. The average molecular weight is 257 g/mol. The molecule has 0 saturated carbocycles. The van der Waals surface area contributed by atoms with Gasteiger partial charge in [-0.05, 0) is 32.4 Å². The van der Waals surface area contributed by atoms with Crippen LogP contribution in [0.15, 0.2) is 12.1 Å². The Labute approximate surface area is 106 Å². The number of nitrogens with one attached hydrogen (secondary N) is 1. The molecule has 96 valence electrons. The first-order valence-electron chi connectivity index (χ1n) is 5.49. The molecule has 17 heavy (non-hydrogen) atoms. The van der Waals surface area contributed by atoms with Gasteiger partial charge in [0, 0.05) is 18.6 Å². The molecule has 0 aliphatic heterocycles. The molecule has 1 rings (SSSR count). The first kappa shape index (κ1) is 14.2. The first-order chi connectivity index (χ1) is 8.00. The molecule has 1 heterocycles. The van der Waals surface area contributed by atoms with Crippen LogP contribution in [-0.2, 0) is 4.74 Å². The minimum atomic E-state index is -0.529. The molecule has 1 unspecified atom stereocenters. The lowest BCUT2D eigenvalue weighted by molar-refractivity contribution is 0.0729. The zero-order valence-electron chi connectivity index (χ0n) is 10.4. The standard InChI is InChI=1S/C12H19NO3S/c1-9-4-5-10(17-9)11(15)13-12(2,6-7-14)8-16-3/h4-5,14H,6-8H2,1-3H3,(H,13,15). The number of carbonyl (C=O) groups is 1. The van der Waals surface area contributed by atoms with E-state index >= 15 is 0 Å². The van der Waals surface area contributed by atoms with Gasteiger partial charge in [-0.15, -0.1) is 11.3 Å². The second-order valence-electron chi connectivity index (χ2n) is 4.33. The van der Waals surface area contributed by atoms with E-state index in [-0.39, 0.29) is 12.5 Å². The van der Waals surface area contributed by atoms with Crippen molar-refractivity contribution >= 4 is 17.2 Å². The number of amides is 1. The molecule has 2 N–H and O–H groups in total. The van der Waals surface area contributed by atoms with Crippen molar-refractivity contribution < 1.29 is 14.6 Å². The molecule has 0 spiro atoms. The number of aliphatic hydroxyl groups excluding tert-OH is 1. The van der Waals surface area contributed by atoms with Crippen LogP contribution < -0.4 is 5.32 Å². The fourth-order valence-electron chi connectivity index (χ4n) is 1.63. The van der Waals surface area contributed by atoms with Crippen molar-refractivity contribution in [3.8, 4) is 0 Å². The van der Waals surface area contributed by atoms with Gasteiger partial charge >= 0.3 is 0 Å². The Morgan fingerprint density at radius 3 is 2.76 bits per heavy atom. The van der Waals surface area contributed by atoms with Crippen LogP contribution in [0.4, 0.5) is 0 Å². The van der Waals surface area contributed by atoms with Crippen molar-refractivity contribution in [1.29, 1.82) is 0 Å². The fraction of sp³-hybridized carbons (Fsp3) is 0.583. The van der Waals surface area contributed by atoms with Crippen LogP contribution in [0, 0.1) is 6.92 Å². The molecule has 5 heteroatoms. The molecule has 0 aliphatic carbocycles. The van der Waals surface area contributed by atoms with Gasteiger partial charge in [0.1, 0.15) is 0 Å². The first-order valence-corrected chi connectivity index (χ1v) is 6.31. The van der Waals surface area contributed by atoms with E-state index in [0.29, 0.717) is 17.9 Å². The maximum Gasteiger partial charge on any atom is 0.261 e. The molecule has 0 radical (unpaired) electrons. The van der Waals surface area contributed by atoms with Crippen LogP contribution >= 0.6 is 11.3 Å². The molecule has 1 aromatic rings. The number of aliphatic hydroxyl groups is 1. The van der Waals surface area contributed by atoms with E-state index in [1.165, 1.54) is 11.3 Å². The molecule has 0 bridgehead atoms. The summed E-state index contributed by atoms with van der Waals surface area (Å²) in [7, 11) is 1.58.